The average molecular weight is 465 g/mol. The van der Waals surface area contributed by atoms with E-state index in [1.54, 1.807) is 0 Å². The normalized spacial score (nSPS) is 11.1. The predicted octanol–water partition coefficient (Wildman–Crippen LogP) is 10.9. The lowest BCUT2D eigenvalue weighted by Crippen LogP contribution is -2.08. The smallest absolute Gasteiger partial charge is 0.333 e. The van der Waals surface area contributed by atoms with E-state index in [0.717, 1.165) is 19.3 Å². The Labute approximate surface area is 208 Å². The Hall–Kier alpha value is -0.790. The molecule has 2 nitrogen and oxygen atoms in total. The molecular weight excluding hydrogens is 404 g/mol. The number of ether oxygens (including phenoxy) is 1. The number of hydrogen-bond acceptors (Lipinski definition) is 2. The fourth-order valence-electron chi connectivity index (χ4n) is 4.49. The molecular formula is C31H60O2. The van der Waals surface area contributed by atoms with Crippen LogP contribution in [0.3, 0.4) is 0 Å². The van der Waals surface area contributed by atoms with E-state index in [4.69, 9.17) is 4.74 Å². The molecule has 0 unspecified atom stereocenters. The summed E-state index contributed by atoms with van der Waals surface area (Å²) in [6, 6.07) is 0. The highest BCUT2D eigenvalue weighted by molar-refractivity contribution is 5.87. The molecule has 0 amide bonds. The molecule has 0 heterocycles. The van der Waals surface area contributed by atoms with Gasteiger partial charge in [-0.2, -0.15) is 0 Å². The first-order valence-electron chi connectivity index (χ1n) is 15.1. The standard InChI is InChI=1S/C31H60O2/c1-4-6-8-10-12-14-16-17-19-21-23-25-27-29-33-31(32)30(3)28-26-24-22-20-18-15-13-11-9-7-5-2/h3-29H2,1-2H3. The molecule has 0 aliphatic rings. The fraction of sp³-hybridized carbons (Fsp3) is 0.903. The highest BCUT2D eigenvalue weighted by Gasteiger charge is 2.08. The van der Waals surface area contributed by atoms with E-state index < -0.39 is 0 Å². The minimum atomic E-state index is -0.166. The monoisotopic (exact) mass is 464 g/mol. The second-order valence-electron chi connectivity index (χ2n) is 10.3. The van der Waals surface area contributed by atoms with Crippen molar-refractivity contribution in [3.63, 3.8) is 0 Å². The highest BCUT2D eigenvalue weighted by atomic mass is 16.5. The maximum absolute atomic E-state index is 12.1. The molecule has 0 N–H and O–H groups in total. The first-order chi connectivity index (χ1) is 16.2. The predicted molar refractivity (Wildman–Crippen MR) is 147 cm³/mol. The molecule has 0 fully saturated rings. The Bertz CT molecular complexity index is 415. The van der Waals surface area contributed by atoms with Crippen molar-refractivity contribution in [1.82, 2.24) is 0 Å². The van der Waals surface area contributed by atoms with Gasteiger partial charge in [0.25, 0.3) is 0 Å². The van der Waals surface area contributed by atoms with Crippen molar-refractivity contribution in [2.24, 2.45) is 0 Å². The highest BCUT2D eigenvalue weighted by Crippen LogP contribution is 2.15. The van der Waals surface area contributed by atoms with E-state index in [9.17, 15) is 4.79 Å². The number of unbranched alkanes of at least 4 members (excludes halogenated alkanes) is 22. The van der Waals surface area contributed by atoms with Gasteiger partial charge in [0, 0.05) is 5.57 Å². The van der Waals surface area contributed by atoms with Crippen LogP contribution < -0.4 is 0 Å². The number of carbonyl (C=O) groups excluding carboxylic acids is 1. The third-order valence-electron chi connectivity index (χ3n) is 6.85. The first-order valence-corrected chi connectivity index (χ1v) is 15.1. The molecule has 196 valence electrons. The molecule has 0 aromatic rings. The molecule has 2 heteroatoms. The topological polar surface area (TPSA) is 26.3 Å². The molecule has 0 saturated carbocycles. The summed E-state index contributed by atoms with van der Waals surface area (Å²) in [7, 11) is 0. The molecule has 0 rings (SSSR count). The van der Waals surface area contributed by atoms with Crippen LogP contribution in [-0.2, 0) is 9.53 Å². The van der Waals surface area contributed by atoms with Gasteiger partial charge in [0.15, 0.2) is 0 Å². The van der Waals surface area contributed by atoms with E-state index in [-0.39, 0.29) is 5.97 Å². The van der Waals surface area contributed by atoms with E-state index >= 15 is 0 Å². The molecule has 0 radical (unpaired) electrons. The van der Waals surface area contributed by atoms with Crippen LogP contribution in [0.15, 0.2) is 12.2 Å². The molecule has 0 aromatic carbocycles. The van der Waals surface area contributed by atoms with Crippen LogP contribution in [0.2, 0.25) is 0 Å². The number of rotatable bonds is 27. The minimum absolute atomic E-state index is 0.166. The molecule has 0 aliphatic heterocycles. The zero-order valence-corrected chi connectivity index (χ0v) is 22.9. The van der Waals surface area contributed by atoms with Gasteiger partial charge < -0.3 is 4.74 Å². The third-order valence-corrected chi connectivity index (χ3v) is 6.85. The van der Waals surface area contributed by atoms with Crippen molar-refractivity contribution in [1.29, 1.82) is 0 Å². The third kappa shape index (κ3) is 25.7. The lowest BCUT2D eigenvalue weighted by atomic mass is 10.0. The molecule has 33 heavy (non-hydrogen) atoms. The Balaban J connectivity index is 3.29. The molecule has 0 atom stereocenters. The summed E-state index contributed by atoms with van der Waals surface area (Å²) in [5.74, 6) is -0.166. The summed E-state index contributed by atoms with van der Waals surface area (Å²) in [6.07, 6.45) is 32.8. The quantitative estimate of drug-likeness (QED) is 0.0686. The Morgan fingerprint density at radius 1 is 0.485 bits per heavy atom. The van der Waals surface area contributed by atoms with Crippen molar-refractivity contribution in [2.75, 3.05) is 6.61 Å². The summed E-state index contributed by atoms with van der Waals surface area (Å²) < 4.78 is 5.42. The van der Waals surface area contributed by atoms with Crippen LogP contribution in [0.5, 0.6) is 0 Å². The maximum Gasteiger partial charge on any atom is 0.333 e. The van der Waals surface area contributed by atoms with Gasteiger partial charge >= 0.3 is 5.97 Å². The van der Waals surface area contributed by atoms with Crippen molar-refractivity contribution >= 4 is 5.97 Å². The summed E-state index contributed by atoms with van der Waals surface area (Å²) >= 11 is 0. The van der Waals surface area contributed by atoms with Crippen LogP contribution in [-0.4, -0.2) is 12.6 Å². The van der Waals surface area contributed by atoms with Crippen molar-refractivity contribution in [3.05, 3.63) is 12.2 Å². The van der Waals surface area contributed by atoms with Crippen molar-refractivity contribution in [2.45, 2.75) is 174 Å². The zero-order valence-electron chi connectivity index (χ0n) is 22.9. The van der Waals surface area contributed by atoms with Crippen LogP contribution in [0.25, 0.3) is 0 Å². The molecule has 0 aromatic heterocycles. The Morgan fingerprint density at radius 3 is 1.15 bits per heavy atom. The number of carbonyl (C=O) groups is 1. The van der Waals surface area contributed by atoms with E-state index in [1.807, 2.05) is 0 Å². The summed E-state index contributed by atoms with van der Waals surface area (Å²) in [4.78, 5) is 12.1. The van der Waals surface area contributed by atoms with Gasteiger partial charge in [0.2, 0.25) is 0 Å². The van der Waals surface area contributed by atoms with E-state index in [1.165, 1.54) is 141 Å². The number of hydrogen-bond donors (Lipinski definition) is 0. The van der Waals surface area contributed by atoms with Crippen LogP contribution >= 0.6 is 0 Å². The second-order valence-corrected chi connectivity index (χ2v) is 10.3. The van der Waals surface area contributed by atoms with Gasteiger partial charge in [-0.1, -0.05) is 162 Å². The Morgan fingerprint density at radius 2 is 0.788 bits per heavy atom. The van der Waals surface area contributed by atoms with Crippen molar-refractivity contribution in [3.8, 4) is 0 Å². The molecule has 0 bridgehead atoms. The first kappa shape index (κ1) is 32.2. The number of esters is 1. The van der Waals surface area contributed by atoms with Crippen LogP contribution in [0, 0.1) is 0 Å². The van der Waals surface area contributed by atoms with Gasteiger partial charge in [0.1, 0.15) is 0 Å². The summed E-state index contributed by atoms with van der Waals surface area (Å²) in [5.41, 5.74) is 0.667. The molecule has 0 spiro atoms. The largest absolute Gasteiger partial charge is 0.462 e. The van der Waals surface area contributed by atoms with Gasteiger partial charge in [0.05, 0.1) is 6.61 Å². The van der Waals surface area contributed by atoms with Crippen molar-refractivity contribution < 1.29 is 9.53 Å². The average Bonchev–Trinajstić information content (AvgIpc) is 2.82. The van der Waals surface area contributed by atoms with Gasteiger partial charge in [-0.05, 0) is 19.3 Å². The van der Waals surface area contributed by atoms with Crippen LogP contribution in [0.4, 0.5) is 0 Å². The summed E-state index contributed by atoms with van der Waals surface area (Å²) in [6.45, 7) is 9.06. The Kier molecular flexibility index (Phi) is 26.8. The molecule has 0 aliphatic carbocycles. The molecule has 0 saturated heterocycles. The van der Waals surface area contributed by atoms with Gasteiger partial charge in [-0.15, -0.1) is 0 Å². The fourth-order valence-corrected chi connectivity index (χ4v) is 4.49. The lowest BCUT2D eigenvalue weighted by Gasteiger charge is -2.07. The summed E-state index contributed by atoms with van der Waals surface area (Å²) in [5, 5.41) is 0. The van der Waals surface area contributed by atoms with Gasteiger partial charge in [-0.25, -0.2) is 4.79 Å². The maximum atomic E-state index is 12.1. The van der Waals surface area contributed by atoms with Gasteiger partial charge in [-0.3, -0.25) is 0 Å². The lowest BCUT2D eigenvalue weighted by molar-refractivity contribution is -0.139. The van der Waals surface area contributed by atoms with E-state index in [0.29, 0.717) is 12.2 Å². The second kappa shape index (κ2) is 27.5. The minimum Gasteiger partial charge on any atom is -0.462 e. The van der Waals surface area contributed by atoms with Crippen LogP contribution in [0.1, 0.15) is 174 Å². The SMILES string of the molecule is C=C(CCCCCCCCCCCCC)C(=O)OCCCCCCCCCCCCCCC. The van der Waals surface area contributed by atoms with E-state index in [2.05, 4.69) is 20.4 Å². The zero-order chi connectivity index (χ0) is 24.2.